The molecule has 1 aliphatic heterocycles. The van der Waals surface area contributed by atoms with E-state index >= 15 is 0 Å². The maximum atomic E-state index is 12.6. The van der Waals surface area contributed by atoms with Crippen molar-refractivity contribution in [2.45, 2.75) is 70.5 Å². The molecule has 24 heavy (non-hydrogen) atoms. The quantitative estimate of drug-likeness (QED) is 0.821. The molecule has 2 N–H and O–H groups in total. The van der Waals surface area contributed by atoms with Gasteiger partial charge in [0.25, 0.3) is 0 Å². The minimum Gasteiger partial charge on any atom is -0.390 e. The second kappa shape index (κ2) is 7.52. The second-order valence-electron chi connectivity index (χ2n) is 7.21. The highest BCUT2D eigenvalue weighted by molar-refractivity contribution is 7.89. The minimum absolute atomic E-state index is 0.0328. The van der Waals surface area contributed by atoms with Gasteiger partial charge < -0.3 is 5.11 Å². The molecule has 1 aromatic carbocycles. The lowest BCUT2D eigenvalue weighted by Crippen LogP contribution is -2.43. The van der Waals surface area contributed by atoms with Gasteiger partial charge in [-0.3, -0.25) is 4.90 Å². The van der Waals surface area contributed by atoms with Crippen molar-refractivity contribution in [1.82, 2.24) is 9.62 Å². The normalized spacial score (nSPS) is 23.6. The van der Waals surface area contributed by atoms with E-state index in [4.69, 9.17) is 0 Å². The summed E-state index contributed by atoms with van der Waals surface area (Å²) >= 11 is 0. The fourth-order valence-corrected chi connectivity index (χ4v) is 5.31. The third-order valence-corrected chi connectivity index (χ3v) is 6.67. The van der Waals surface area contributed by atoms with E-state index in [1.54, 1.807) is 13.8 Å². The summed E-state index contributed by atoms with van der Waals surface area (Å²) < 4.78 is 27.8. The zero-order valence-electron chi connectivity index (χ0n) is 15.3. The summed E-state index contributed by atoms with van der Waals surface area (Å²) in [5.41, 5.74) is 2.51. The molecule has 1 fully saturated rings. The lowest BCUT2D eigenvalue weighted by atomic mass is 10.1. The minimum atomic E-state index is -3.62. The summed E-state index contributed by atoms with van der Waals surface area (Å²) in [5.74, 6) is 0. The van der Waals surface area contributed by atoms with Crippen LogP contribution in [0.2, 0.25) is 0 Å². The summed E-state index contributed by atoms with van der Waals surface area (Å²) in [7, 11) is -3.62. The van der Waals surface area contributed by atoms with E-state index in [0.717, 1.165) is 29.5 Å². The standard InChI is InChI=1S/C18H30N2O3S/c1-12-8-13(2)18(14(3)9-12)24(22,23)19-10-17(21)11-20-15(4)6-7-16(20)5/h8-9,15-17,19,21H,6-7,10-11H2,1-5H3/t15?,16?,17-/m0/s1. The molecule has 0 radical (unpaired) electrons. The molecule has 3 atom stereocenters. The topological polar surface area (TPSA) is 69.6 Å². The van der Waals surface area contributed by atoms with E-state index in [1.165, 1.54) is 0 Å². The number of aliphatic hydroxyl groups is 1. The monoisotopic (exact) mass is 354 g/mol. The number of hydrogen-bond acceptors (Lipinski definition) is 4. The average molecular weight is 355 g/mol. The average Bonchev–Trinajstić information content (AvgIpc) is 2.75. The molecule has 1 heterocycles. The number of benzene rings is 1. The Labute approximate surface area is 146 Å². The number of nitrogens with one attached hydrogen (secondary N) is 1. The SMILES string of the molecule is Cc1cc(C)c(S(=O)(=O)NC[C@H](O)CN2C(C)CCC2C)c(C)c1. The van der Waals surface area contributed by atoms with Crippen molar-refractivity contribution in [3.63, 3.8) is 0 Å². The molecule has 2 rings (SSSR count). The maximum Gasteiger partial charge on any atom is 0.241 e. The molecular formula is C18H30N2O3S. The van der Waals surface area contributed by atoms with Crippen molar-refractivity contribution in [1.29, 1.82) is 0 Å². The highest BCUT2D eigenvalue weighted by Gasteiger charge is 2.29. The number of nitrogens with zero attached hydrogens (tertiary/aromatic N) is 1. The smallest absolute Gasteiger partial charge is 0.241 e. The molecule has 0 aromatic heterocycles. The first-order valence-electron chi connectivity index (χ1n) is 8.63. The fourth-order valence-electron chi connectivity index (χ4n) is 3.78. The largest absolute Gasteiger partial charge is 0.390 e. The molecule has 5 nitrogen and oxygen atoms in total. The van der Waals surface area contributed by atoms with E-state index in [1.807, 2.05) is 19.1 Å². The molecule has 0 spiro atoms. The van der Waals surface area contributed by atoms with E-state index in [0.29, 0.717) is 23.5 Å². The van der Waals surface area contributed by atoms with Gasteiger partial charge in [-0.25, -0.2) is 13.1 Å². The molecule has 2 unspecified atom stereocenters. The first kappa shape index (κ1) is 19.4. The van der Waals surface area contributed by atoms with Crippen LogP contribution < -0.4 is 4.72 Å². The number of sulfonamides is 1. The summed E-state index contributed by atoms with van der Waals surface area (Å²) in [6.45, 7) is 10.4. The third kappa shape index (κ3) is 4.36. The van der Waals surface area contributed by atoms with E-state index in [2.05, 4.69) is 23.5 Å². The predicted molar refractivity (Wildman–Crippen MR) is 96.7 cm³/mol. The van der Waals surface area contributed by atoms with Gasteiger partial charge in [-0.05, 0) is 58.6 Å². The molecule has 0 bridgehead atoms. The van der Waals surface area contributed by atoms with Gasteiger partial charge in [0.15, 0.2) is 0 Å². The Balaban J connectivity index is 2.03. The van der Waals surface area contributed by atoms with E-state index in [9.17, 15) is 13.5 Å². The Morgan fingerprint density at radius 3 is 2.17 bits per heavy atom. The molecule has 0 amide bonds. The number of likely N-dealkylation sites (tertiary alicyclic amines) is 1. The van der Waals surface area contributed by atoms with Crippen molar-refractivity contribution in [3.8, 4) is 0 Å². The Bertz CT molecular complexity index is 654. The van der Waals surface area contributed by atoms with Crippen LogP contribution in [0, 0.1) is 20.8 Å². The molecular weight excluding hydrogens is 324 g/mol. The fraction of sp³-hybridized carbons (Fsp3) is 0.667. The highest BCUT2D eigenvalue weighted by Crippen LogP contribution is 2.24. The van der Waals surface area contributed by atoms with Gasteiger partial charge in [0.05, 0.1) is 11.0 Å². The van der Waals surface area contributed by atoms with Crippen molar-refractivity contribution in [2.75, 3.05) is 13.1 Å². The molecule has 1 saturated heterocycles. The molecule has 1 aromatic rings. The first-order chi connectivity index (χ1) is 11.1. The molecule has 136 valence electrons. The number of rotatable bonds is 6. The van der Waals surface area contributed by atoms with Crippen molar-refractivity contribution < 1.29 is 13.5 Å². The van der Waals surface area contributed by atoms with Gasteiger partial charge in [0.2, 0.25) is 10.0 Å². The Hall–Kier alpha value is -0.950. The van der Waals surface area contributed by atoms with Crippen molar-refractivity contribution >= 4 is 10.0 Å². The predicted octanol–water partition coefficient (Wildman–Crippen LogP) is 2.12. The Morgan fingerprint density at radius 2 is 1.67 bits per heavy atom. The van der Waals surface area contributed by atoms with Crippen LogP contribution in [-0.4, -0.2) is 49.7 Å². The van der Waals surface area contributed by atoms with Gasteiger partial charge >= 0.3 is 0 Å². The molecule has 0 saturated carbocycles. The van der Waals surface area contributed by atoms with Crippen LogP contribution in [0.5, 0.6) is 0 Å². The second-order valence-corrected chi connectivity index (χ2v) is 8.91. The van der Waals surface area contributed by atoms with E-state index < -0.39 is 16.1 Å². The van der Waals surface area contributed by atoms with Crippen LogP contribution in [0.3, 0.4) is 0 Å². The van der Waals surface area contributed by atoms with Crippen LogP contribution in [0.15, 0.2) is 17.0 Å². The number of aryl methyl sites for hydroxylation is 3. The Kier molecular flexibility index (Phi) is 6.07. The Morgan fingerprint density at radius 1 is 1.17 bits per heavy atom. The van der Waals surface area contributed by atoms with E-state index in [-0.39, 0.29) is 6.54 Å². The van der Waals surface area contributed by atoms with Gasteiger partial charge in [-0.15, -0.1) is 0 Å². The molecule has 0 aliphatic carbocycles. The summed E-state index contributed by atoms with van der Waals surface area (Å²) in [4.78, 5) is 2.57. The van der Waals surface area contributed by atoms with Crippen LogP contribution >= 0.6 is 0 Å². The van der Waals surface area contributed by atoms with Crippen LogP contribution in [0.1, 0.15) is 43.4 Å². The van der Waals surface area contributed by atoms with Gasteiger partial charge in [0, 0.05) is 25.2 Å². The van der Waals surface area contributed by atoms with Crippen LogP contribution in [0.4, 0.5) is 0 Å². The number of β-amino-alcohol motifs (C(OH)–C–C–N with tert-alkyl or cyclic N) is 1. The van der Waals surface area contributed by atoms with Crippen LogP contribution in [0.25, 0.3) is 0 Å². The van der Waals surface area contributed by atoms with Crippen LogP contribution in [-0.2, 0) is 10.0 Å². The molecule has 1 aliphatic rings. The maximum absolute atomic E-state index is 12.6. The summed E-state index contributed by atoms with van der Waals surface area (Å²) in [6, 6.07) is 4.61. The number of aliphatic hydroxyl groups excluding tert-OH is 1. The third-order valence-electron chi connectivity index (χ3n) is 4.94. The lowest BCUT2D eigenvalue weighted by Gasteiger charge is -2.28. The first-order valence-corrected chi connectivity index (χ1v) is 10.1. The highest BCUT2D eigenvalue weighted by atomic mass is 32.2. The zero-order chi connectivity index (χ0) is 18.1. The van der Waals surface area contributed by atoms with Gasteiger partial charge in [-0.2, -0.15) is 0 Å². The lowest BCUT2D eigenvalue weighted by molar-refractivity contribution is 0.0941. The zero-order valence-corrected chi connectivity index (χ0v) is 16.2. The summed E-state index contributed by atoms with van der Waals surface area (Å²) in [6.07, 6.45) is 1.54. The van der Waals surface area contributed by atoms with Gasteiger partial charge in [0.1, 0.15) is 0 Å². The van der Waals surface area contributed by atoms with Gasteiger partial charge in [-0.1, -0.05) is 17.7 Å². The summed E-state index contributed by atoms with van der Waals surface area (Å²) in [5, 5.41) is 10.3. The number of hydrogen-bond donors (Lipinski definition) is 2. The van der Waals surface area contributed by atoms with Crippen molar-refractivity contribution in [2.24, 2.45) is 0 Å². The molecule has 6 heteroatoms. The van der Waals surface area contributed by atoms with Crippen molar-refractivity contribution in [3.05, 3.63) is 28.8 Å².